The van der Waals surface area contributed by atoms with E-state index < -0.39 is 17.7 Å². The molecule has 0 aliphatic rings. The highest BCUT2D eigenvalue weighted by Crippen LogP contribution is 2.33. The standard InChI is InChI=1S/C12H11F3O3/c1-3-6-18-10-7-8(12(13,14)15)4-5-9(10)11(16)17-2/h3-5,7H,1,6H2,2H3. The molecule has 0 aliphatic carbocycles. The van der Waals surface area contributed by atoms with Crippen LogP contribution in [-0.4, -0.2) is 19.7 Å². The SMILES string of the molecule is C=CCOc1cc(C(F)(F)F)ccc1C(=O)OC. The number of carbonyl (C=O) groups excluding carboxylic acids is 1. The number of hydrogen-bond acceptors (Lipinski definition) is 3. The summed E-state index contributed by atoms with van der Waals surface area (Å²) in [7, 11) is 1.14. The average Bonchev–Trinajstić information content (AvgIpc) is 2.34. The summed E-state index contributed by atoms with van der Waals surface area (Å²) < 4.78 is 47.0. The van der Waals surface area contributed by atoms with Gasteiger partial charge in [0.1, 0.15) is 17.9 Å². The Morgan fingerprint density at radius 2 is 2.11 bits per heavy atom. The van der Waals surface area contributed by atoms with Crippen LogP contribution in [0.5, 0.6) is 5.75 Å². The summed E-state index contributed by atoms with van der Waals surface area (Å²) in [6.07, 6.45) is -3.14. The minimum atomic E-state index is -4.50. The number of rotatable bonds is 4. The van der Waals surface area contributed by atoms with Gasteiger partial charge in [-0.15, -0.1) is 0 Å². The van der Waals surface area contributed by atoms with Crippen LogP contribution in [0.3, 0.4) is 0 Å². The fraction of sp³-hybridized carbons (Fsp3) is 0.250. The minimum absolute atomic E-state index is 0.00863. The van der Waals surface area contributed by atoms with Gasteiger partial charge in [0, 0.05) is 0 Å². The number of halogens is 3. The molecule has 0 saturated carbocycles. The summed E-state index contributed by atoms with van der Waals surface area (Å²) in [6.45, 7) is 3.37. The monoisotopic (exact) mass is 260 g/mol. The van der Waals surface area contributed by atoms with Crippen LogP contribution in [0.15, 0.2) is 30.9 Å². The molecule has 1 rings (SSSR count). The van der Waals surface area contributed by atoms with Gasteiger partial charge in [0.15, 0.2) is 0 Å². The summed E-state index contributed by atoms with van der Waals surface area (Å²) >= 11 is 0. The third-order valence-corrected chi connectivity index (χ3v) is 2.07. The van der Waals surface area contributed by atoms with Gasteiger partial charge < -0.3 is 9.47 Å². The van der Waals surface area contributed by atoms with Crippen molar-refractivity contribution >= 4 is 5.97 Å². The van der Waals surface area contributed by atoms with Gasteiger partial charge in [-0.25, -0.2) is 4.79 Å². The molecule has 1 aromatic carbocycles. The molecule has 0 bridgehead atoms. The van der Waals surface area contributed by atoms with E-state index >= 15 is 0 Å². The predicted molar refractivity (Wildman–Crippen MR) is 58.5 cm³/mol. The lowest BCUT2D eigenvalue weighted by atomic mass is 10.1. The number of esters is 1. The number of benzene rings is 1. The molecule has 6 heteroatoms. The zero-order valence-corrected chi connectivity index (χ0v) is 9.58. The Bertz CT molecular complexity index is 452. The van der Waals surface area contributed by atoms with Crippen molar-refractivity contribution in [3.8, 4) is 5.75 Å². The van der Waals surface area contributed by atoms with Crippen LogP contribution in [-0.2, 0) is 10.9 Å². The van der Waals surface area contributed by atoms with Crippen molar-refractivity contribution in [2.45, 2.75) is 6.18 Å². The van der Waals surface area contributed by atoms with Crippen LogP contribution < -0.4 is 4.74 Å². The van der Waals surface area contributed by atoms with Crippen molar-refractivity contribution in [1.82, 2.24) is 0 Å². The van der Waals surface area contributed by atoms with E-state index in [9.17, 15) is 18.0 Å². The van der Waals surface area contributed by atoms with Crippen molar-refractivity contribution in [1.29, 1.82) is 0 Å². The van der Waals surface area contributed by atoms with Gasteiger partial charge in [0.2, 0.25) is 0 Å². The van der Waals surface area contributed by atoms with Crippen LogP contribution in [0.4, 0.5) is 13.2 Å². The minimum Gasteiger partial charge on any atom is -0.489 e. The number of carbonyl (C=O) groups is 1. The second-order valence-electron chi connectivity index (χ2n) is 3.30. The third kappa shape index (κ3) is 3.26. The van der Waals surface area contributed by atoms with E-state index in [0.29, 0.717) is 0 Å². The molecule has 0 fully saturated rings. The van der Waals surface area contributed by atoms with E-state index in [1.807, 2.05) is 0 Å². The molecule has 0 unspecified atom stereocenters. The molecule has 0 spiro atoms. The molecule has 0 amide bonds. The first-order chi connectivity index (χ1) is 8.40. The van der Waals surface area contributed by atoms with Crippen LogP contribution in [0, 0.1) is 0 Å². The fourth-order valence-corrected chi connectivity index (χ4v) is 1.25. The second kappa shape index (κ2) is 5.57. The number of alkyl halides is 3. The number of methoxy groups -OCH3 is 1. The van der Waals surface area contributed by atoms with E-state index in [1.165, 1.54) is 6.08 Å². The Kier molecular flexibility index (Phi) is 4.36. The van der Waals surface area contributed by atoms with E-state index in [-0.39, 0.29) is 17.9 Å². The number of ether oxygens (including phenoxy) is 2. The Labute approximate surface area is 102 Å². The topological polar surface area (TPSA) is 35.5 Å². The Morgan fingerprint density at radius 1 is 1.44 bits per heavy atom. The quantitative estimate of drug-likeness (QED) is 0.616. The van der Waals surface area contributed by atoms with Crippen LogP contribution in [0.2, 0.25) is 0 Å². The maximum absolute atomic E-state index is 12.5. The van der Waals surface area contributed by atoms with E-state index in [0.717, 1.165) is 25.3 Å². The van der Waals surface area contributed by atoms with Gasteiger partial charge in [-0.3, -0.25) is 0 Å². The first-order valence-corrected chi connectivity index (χ1v) is 4.93. The van der Waals surface area contributed by atoms with Crippen molar-refractivity contribution < 1.29 is 27.4 Å². The largest absolute Gasteiger partial charge is 0.489 e. The number of hydrogen-bond donors (Lipinski definition) is 0. The Morgan fingerprint density at radius 3 is 2.61 bits per heavy atom. The van der Waals surface area contributed by atoms with Crippen molar-refractivity contribution in [2.75, 3.05) is 13.7 Å². The molecule has 18 heavy (non-hydrogen) atoms. The highest BCUT2D eigenvalue weighted by Gasteiger charge is 2.32. The molecule has 0 N–H and O–H groups in total. The maximum Gasteiger partial charge on any atom is 0.416 e. The fourth-order valence-electron chi connectivity index (χ4n) is 1.25. The van der Waals surface area contributed by atoms with Crippen molar-refractivity contribution in [3.63, 3.8) is 0 Å². The molecule has 0 atom stereocenters. The highest BCUT2D eigenvalue weighted by molar-refractivity contribution is 5.92. The first kappa shape index (κ1) is 14.1. The zero-order valence-electron chi connectivity index (χ0n) is 9.58. The third-order valence-electron chi connectivity index (χ3n) is 2.07. The van der Waals surface area contributed by atoms with E-state index in [1.54, 1.807) is 0 Å². The molecular weight excluding hydrogens is 249 g/mol. The molecule has 3 nitrogen and oxygen atoms in total. The second-order valence-corrected chi connectivity index (χ2v) is 3.30. The van der Waals surface area contributed by atoms with Gasteiger partial charge >= 0.3 is 12.1 Å². The molecular formula is C12H11F3O3. The Hall–Kier alpha value is -1.98. The van der Waals surface area contributed by atoms with Gasteiger partial charge in [0.05, 0.1) is 12.7 Å². The van der Waals surface area contributed by atoms with Crippen LogP contribution in [0.25, 0.3) is 0 Å². The van der Waals surface area contributed by atoms with E-state index in [4.69, 9.17) is 4.74 Å². The van der Waals surface area contributed by atoms with Crippen LogP contribution >= 0.6 is 0 Å². The summed E-state index contributed by atoms with van der Waals surface area (Å²) in [5.41, 5.74) is -0.957. The normalized spacial score (nSPS) is 10.9. The molecule has 1 aromatic rings. The molecule has 0 aliphatic heterocycles. The summed E-state index contributed by atoms with van der Waals surface area (Å²) in [5.74, 6) is -0.945. The van der Waals surface area contributed by atoms with Gasteiger partial charge in [-0.1, -0.05) is 12.7 Å². The zero-order chi connectivity index (χ0) is 13.8. The highest BCUT2D eigenvalue weighted by atomic mass is 19.4. The first-order valence-electron chi connectivity index (χ1n) is 4.93. The lowest BCUT2D eigenvalue weighted by Crippen LogP contribution is -2.10. The summed E-state index contributed by atoms with van der Waals surface area (Å²) in [6, 6.07) is 2.58. The molecule has 0 heterocycles. The van der Waals surface area contributed by atoms with E-state index in [2.05, 4.69) is 11.3 Å². The van der Waals surface area contributed by atoms with Gasteiger partial charge in [0.25, 0.3) is 0 Å². The van der Waals surface area contributed by atoms with Gasteiger partial charge in [-0.2, -0.15) is 13.2 Å². The smallest absolute Gasteiger partial charge is 0.416 e. The molecule has 0 aromatic heterocycles. The average molecular weight is 260 g/mol. The maximum atomic E-state index is 12.5. The summed E-state index contributed by atoms with van der Waals surface area (Å²) in [4.78, 5) is 11.3. The molecule has 0 saturated heterocycles. The lowest BCUT2D eigenvalue weighted by molar-refractivity contribution is -0.137. The molecule has 0 radical (unpaired) electrons. The van der Waals surface area contributed by atoms with Gasteiger partial charge in [-0.05, 0) is 18.2 Å². The summed E-state index contributed by atoms with van der Waals surface area (Å²) in [5, 5.41) is 0. The Balaban J connectivity index is 3.20. The van der Waals surface area contributed by atoms with Crippen molar-refractivity contribution in [2.24, 2.45) is 0 Å². The van der Waals surface area contributed by atoms with Crippen molar-refractivity contribution in [3.05, 3.63) is 42.0 Å². The lowest BCUT2D eigenvalue weighted by Gasteiger charge is -2.12. The van der Waals surface area contributed by atoms with Crippen LogP contribution in [0.1, 0.15) is 15.9 Å². The predicted octanol–water partition coefficient (Wildman–Crippen LogP) is 3.06. The molecule has 98 valence electrons.